The second kappa shape index (κ2) is 14.7. The lowest BCUT2D eigenvalue weighted by atomic mass is 9.96. The van der Waals surface area contributed by atoms with Crippen molar-refractivity contribution >= 4 is 76.4 Å². The molecule has 0 bridgehead atoms. The molecule has 6 atom stereocenters. The van der Waals surface area contributed by atoms with E-state index in [9.17, 15) is 19.9 Å². The smallest absolute Gasteiger partial charge is 0.395 e. The summed E-state index contributed by atoms with van der Waals surface area (Å²) in [6.45, 7) is 2.75. The first-order valence-corrected chi connectivity index (χ1v) is 18.4. The number of nitrogen functional groups attached to an aromatic ring is 1. The summed E-state index contributed by atoms with van der Waals surface area (Å²) >= 11 is 3.35. The zero-order chi connectivity index (χ0) is 34.9. The standard InChI is InChI=1S/C32H32IN6O8PS/c1-17(28(41)45-15-18-9-5-4-6-10-18)38-48(43)47-24-20-12-8-7-11-19(20)13-14-21(24)44-16-22-25(40)32(2,42)29(46-22)39-26-23(35-30(39)33)27(49-3)37-31(34)36-26/h4-14,17,22,25,29,40,42H,15-16H2,1-3H3,(H2,34,36,37)/t17-,22+,25+,29+,32+/m0/s1. The number of rotatable bonds is 11. The number of imidazole rings is 1. The summed E-state index contributed by atoms with van der Waals surface area (Å²) in [7, 11) is -2.75. The second-order valence-corrected chi connectivity index (χ2v) is 14.0. The third kappa shape index (κ3) is 7.31. The van der Waals surface area contributed by atoms with Crippen LogP contribution in [0.4, 0.5) is 5.95 Å². The number of carbonyl (C=O) groups is 1. The van der Waals surface area contributed by atoms with Crippen molar-refractivity contribution in [3.63, 3.8) is 0 Å². The highest BCUT2D eigenvalue weighted by Gasteiger charge is 2.54. The van der Waals surface area contributed by atoms with Crippen LogP contribution in [0.3, 0.4) is 0 Å². The van der Waals surface area contributed by atoms with Crippen LogP contribution in [-0.4, -0.2) is 72.4 Å². The van der Waals surface area contributed by atoms with Crippen molar-refractivity contribution in [2.45, 2.75) is 55.6 Å². The number of halogens is 1. The molecule has 0 saturated carbocycles. The van der Waals surface area contributed by atoms with E-state index in [2.05, 4.69) is 19.7 Å². The molecule has 6 rings (SSSR count). The number of thioether (sulfide) groups is 1. The Morgan fingerprint density at radius 1 is 1.18 bits per heavy atom. The van der Waals surface area contributed by atoms with Crippen molar-refractivity contribution in [3.8, 4) is 11.5 Å². The van der Waals surface area contributed by atoms with Gasteiger partial charge in [0.2, 0.25) is 11.7 Å². The van der Waals surface area contributed by atoms with Crippen molar-refractivity contribution in [3.05, 3.63) is 76.1 Å². The van der Waals surface area contributed by atoms with E-state index in [0.29, 0.717) is 25.4 Å². The molecule has 0 aliphatic carbocycles. The van der Waals surface area contributed by atoms with E-state index in [1.54, 1.807) is 28.8 Å². The molecule has 3 heterocycles. The second-order valence-electron chi connectivity index (χ2n) is 11.4. The van der Waals surface area contributed by atoms with E-state index in [0.717, 1.165) is 10.9 Å². The monoisotopic (exact) mass is 818 g/mol. The maximum atomic E-state index is 13.1. The van der Waals surface area contributed by atoms with E-state index >= 15 is 0 Å². The zero-order valence-corrected chi connectivity index (χ0v) is 30.3. The number of benzene rings is 3. The minimum atomic E-state index is -2.75. The largest absolute Gasteiger partial charge is 0.575 e. The Balaban J connectivity index is 1.22. The molecule has 1 fully saturated rings. The number of ether oxygens (including phenoxy) is 3. The fourth-order valence-electron chi connectivity index (χ4n) is 5.38. The topological polar surface area (TPSA) is 199 Å². The summed E-state index contributed by atoms with van der Waals surface area (Å²) in [6.07, 6.45) is -1.70. The first-order chi connectivity index (χ1) is 23.5. The molecule has 49 heavy (non-hydrogen) atoms. The highest BCUT2D eigenvalue weighted by atomic mass is 127. The normalized spacial score (nSPS) is 21.6. The number of nitrogens with two attached hydrogens (primary N) is 1. The van der Waals surface area contributed by atoms with Crippen LogP contribution in [0.15, 0.2) is 76.5 Å². The van der Waals surface area contributed by atoms with Gasteiger partial charge in [-0.1, -0.05) is 65.4 Å². The Morgan fingerprint density at radius 2 is 1.92 bits per heavy atom. The molecule has 0 radical (unpaired) electrons. The van der Waals surface area contributed by atoms with Crippen LogP contribution in [-0.2, 0) is 20.9 Å². The Morgan fingerprint density at radius 3 is 2.67 bits per heavy atom. The number of aliphatic hydroxyl groups excluding tert-OH is 1. The van der Waals surface area contributed by atoms with Gasteiger partial charge in [-0.2, -0.15) is 4.98 Å². The maximum Gasteiger partial charge on any atom is 0.395 e. The van der Waals surface area contributed by atoms with Crippen molar-refractivity contribution in [2.75, 3.05) is 18.6 Å². The third-order valence-corrected chi connectivity index (χ3v) is 10.2. The van der Waals surface area contributed by atoms with Gasteiger partial charge in [0.05, 0.1) is 0 Å². The number of aromatic nitrogens is 4. The van der Waals surface area contributed by atoms with Crippen molar-refractivity contribution in [1.29, 1.82) is 0 Å². The Kier molecular flexibility index (Phi) is 10.5. The highest BCUT2D eigenvalue weighted by molar-refractivity contribution is 14.1. The van der Waals surface area contributed by atoms with Crippen molar-refractivity contribution in [1.82, 2.24) is 19.5 Å². The van der Waals surface area contributed by atoms with Crippen LogP contribution >= 0.6 is 42.5 Å². The van der Waals surface area contributed by atoms with Crippen molar-refractivity contribution in [2.24, 2.45) is 4.74 Å². The van der Waals surface area contributed by atoms with Gasteiger partial charge in [-0.25, -0.2) is 14.8 Å². The molecule has 14 nitrogen and oxygen atoms in total. The average molecular weight is 819 g/mol. The van der Waals surface area contributed by atoms with E-state index in [1.807, 2.05) is 71.3 Å². The van der Waals surface area contributed by atoms with Gasteiger partial charge in [-0.3, -0.25) is 9.09 Å². The summed E-state index contributed by atoms with van der Waals surface area (Å²) < 4.78 is 29.5. The van der Waals surface area contributed by atoms with Gasteiger partial charge in [-0.05, 0) is 37.1 Å². The van der Waals surface area contributed by atoms with Crippen LogP contribution in [0.2, 0.25) is 0 Å². The summed E-state index contributed by atoms with van der Waals surface area (Å²) in [5.74, 6) is -0.322. The predicted octanol–water partition coefficient (Wildman–Crippen LogP) is 4.34. The van der Waals surface area contributed by atoms with Gasteiger partial charge in [0.15, 0.2) is 27.5 Å². The number of hydrogen-bond donors (Lipinski definition) is 3. The van der Waals surface area contributed by atoms with Crippen LogP contribution < -0.4 is 19.9 Å². The van der Waals surface area contributed by atoms with Gasteiger partial charge in [-0.15, -0.1) is 11.8 Å². The molecular formula is C32H32IN6O8PS. The predicted molar refractivity (Wildman–Crippen MR) is 190 cm³/mol. The van der Waals surface area contributed by atoms with Crippen LogP contribution in [0.5, 0.6) is 11.5 Å². The molecule has 1 unspecified atom stereocenters. The minimum absolute atomic E-state index is 0.0276. The number of fused-ring (bicyclic) bond motifs is 2. The van der Waals surface area contributed by atoms with Gasteiger partial charge in [0.25, 0.3) is 0 Å². The van der Waals surface area contributed by atoms with E-state index in [1.165, 1.54) is 25.6 Å². The molecule has 5 aromatic rings. The van der Waals surface area contributed by atoms with Crippen LogP contribution in [0.1, 0.15) is 25.6 Å². The fourth-order valence-corrected chi connectivity index (χ4v) is 7.39. The molecule has 1 aliphatic rings. The fraction of sp³-hybridized carbons (Fsp3) is 0.312. The Bertz CT molecular complexity index is 2030. The molecule has 0 amide bonds. The van der Waals surface area contributed by atoms with E-state index < -0.39 is 44.2 Å². The number of hydrogen-bond acceptors (Lipinski definition) is 14. The van der Waals surface area contributed by atoms with Crippen LogP contribution in [0.25, 0.3) is 21.9 Å². The zero-order valence-electron chi connectivity index (χ0n) is 26.5. The lowest BCUT2D eigenvalue weighted by Gasteiger charge is -2.27. The first kappa shape index (κ1) is 35.2. The maximum absolute atomic E-state index is 13.1. The average Bonchev–Trinajstić information content (AvgIpc) is 3.53. The molecule has 256 valence electrons. The quantitative estimate of drug-likeness (QED) is 0.0425. The summed E-state index contributed by atoms with van der Waals surface area (Å²) in [4.78, 5) is 38.9. The molecular weight excluding hydrogens is 786 g/mol. The number of anilines is 1. The number of carbonyl (C=O) groups excluding carboxylic acids is 1. The minimum Gasteiger partial charge on any atom is -0.575 e. The SMILES string of the molecule is CSc1nc(N)nc2c1nc(I)n2[C@@H]1O[C@H](COc2ccc3ccccc3c2O[P+]([O-])=N[C@@H](C)C(=O)OCc2ccccc2)[C@@H](O)[C@@]1(C)O. The molecule has 4 N–H and O–H groups in total. The van der Waals surface area contributed by atoms with Gasteiger partial charge < -0.3 is 35.1 Å². The van der Waals surface area contributed by atoms with Crippen molar-refractivity contribution < 1.29 is 38.6 Å². The van der Waals surface area contributed by atoms with Gasteiger partial charge in [0.1, 0.15) is 41.6 Å². The first-order valence-electron chi connectivity index (χ1n) is 15.0. The number of nitrogens with zero attached hydrogens (tertiary/aromatic N) is 5. The van der Waals surface area contributed by atoms with E-state index in [4.69, 9.17) is 24.5 Å². The number of aliphatic hydroxyl groups is 2. The lowest BCUT2D eigenvalue weighted by Crippen LogP contribution is -2.45. The molecule has 2 aromatic heterocycles. The molecule has 17 heteroatoms. The summed E-state index contributed by atoms with van der Waals surface area (Å²) in [5, 5.41) is 24.7. The Labute approximate surface area is 299 Å². The number of esters is 1. The molecule has 3 aromatic carbocycles. The Hall–Kier alpha value is -3.64. The summed E-state index contributed by atoms with van der Waals surface area (Å²) in [5.41, 5.74) is 5.80. The van der Waals surface area contributed by atoms with Crippen LogP contribution in [0, 0.1) is 3.83 Å². The molecule has 1 aliphatic heterocycles. The third-order valence-electron chi connectivity index (χ3n) is 7.91. The van der Waals surface area contributed by atoms with E-state index in [-0.39, 0.29) is 30.7 Å². The highest BCUT2D eigenvalue weighted by Crippen LogP contribution is 2.43. The summed E-state index contributed by atoms with van der Waals surface area (Å²) in [6, 6.07) is 18.8. The molecule has 0 spiro atoms. The van der Waals surface area contributed by atoms with Gasteiger partial charge >= 0.3 is 14.1 Å². The van der Waals surface area contributed by atoms with Gasteiger partial charge in [0, 0.05) is 28.0 Å². The molecule has 1 saturated heterocycles. The lowest BCUT2D eigenvalue weighted by molar-refractivity contribution is -0.169.